The van der Waals surface area contributed by atoms with Crippen molar-refractivity contribution >= 4 is 72.0 Å². The standard InChI is InChI=1S/C38H26N4O3/c43-37-29-10-4-7-13-34(29)41-36-23-28(19-20-31(36)37)42(45,26-8-2-1-3-9-26)27-17-14-24(15-18-27)39-25-16-21-35-32(22-25)38(44)30-11-5-6-12-33(30)40-35/h1-23,39H,(H,40,44)(H,41,43). The highest BCUT2D eigenvalue weighted by Gasteiger charge is 2.28. The third-order valence-corrected chi connectivity index (χ3v) is 8.40. The van der Waals surface area contributed by atoms with Gasteiger partial charge in [0.05, 0.1) is 5.52 Å². The molecule has 0 fully saturated rings. The SMILES string of the molecule is O=c1c2ccccc2[nH]c2cc([N+]([O-])(c3ccccc3)c3ccc(Nc4ccc5[nH]c6ccccc6c(=O)c5c4)cc3)ccc12. The molecule has 216 valence electrons. The van der Waals surface area contributed by atoms with Crippen molar-refractivity contribution in [2.45, 2.75) is 0 Å². The molecule has 0 spiro atoms. The first-order valence-electron chi connectivity index (χ1n) is 14.6. The van der Waals surface area contributed by atoms with Crippen molar-refractivity contribution in [3.05, 3.63) is 165 Å². The van der Waals surface area contributed by atoms with Gasteiger partial charge in [-0.2, -0.15) is 0 Å². The number of benzene rings is 6. The second-order valence-corrected chi connectivity index (χ2v) is 11.1. The highest BCUT2D eigenvalue weighted by Crippen LogP contribution is 2.43. The van der Waals surface area contributed by atoms with Gasteiger partial charge >= 0.3 is 0 Å². The van der Waals surface area contributed by atoms with Gasteiger partial charge in [0.1, 0.15) is 17.1 Å². The molecule has 7 nitrogen and oxygen atoms in total. The van der Waals surface area contributed by atoms with Crippen molar-refractivity contribution in [3.63, 3.8) is 0 Å². The van der Waals surface area contributed by atoms with Crippen LogP contribution < -0.4 is 20.8 Å². The maximum Gasteiger partial charge on any atom is 0.197 e. The van der Waals surface area contributed by atoms with Gasteiger partial charge in [0.25, 0.3) is 0 Å². The van der Waals surface area contributed by atoms with E-state index in [2.05, 4.69) is 15.3 Å². The zero-order chi connectivity index (χ0) is 30.5. The zero-order valence-corrected chi connectivity index (χ0v) is 24.0. The molecule has 1 unspecified atom stereocenters. The van der Waals surface area contributed by atoms with Gasteiger partial charge in [-0.3, -0.25) is 14.2 Å². The molecule has 7 heteroatoms. The Bertz CT molecular complexity index is 2520. The molecule has 0 saturated heterocycles. The van der Waals surface area contributed by atoms with Crippen molar-refractivity contribution in [3.8, 4) is 0 Å². The summed E-state index contributed by atoms with van der Waals surface area (Å²) in [6.07, 6.45) is 0. The van der Waals surface area contributed by atoms with Crippen LogP contribution in [0.25, 0.3) is 43.6 Å². The number of nitrogens with one attached hydrogen (secondary N) is 3. The number of aromatic nitrogens is 2. The summed E-state index contributed by atoms with van der Waals surface area (Å²) in [5.41, 5.74) is 5.79. The quantitative estimate of drug-likeness (QED) is 0.106. The molecule has 3 N–H and O–H groups in total. The number of rotatable bonds is 5. The van der Waals surface area contributed by atoms with E-state index in [1.165, 1.54) is 0 Å². The number of para-hydroxylation sites is 3. The minimum absolute atomic E-state index is 0.0284. The first kappa shape index (κ1) is 26.6. The van der Waals surface area contributed by atoms with Crippen LogP contribution in [0.2, 0.25) is 0 Å². The number of nitrogens with zero attached hydrogens (tertiary/aromatic N) is 1. The Hall–Kier alpha value is -6.02. The van der Waals surface area contributed by atoms with E-state index >= 15 is 5.21 Å². The molecule has 6 aromatic carbocycles. The summed E-state index contributed by atoms with van der Waals surface area (Å²) >= 11 is 0. The molecule has 0 radical (unpaired) electrons. The third-order valence-electron chi connectivity index (χ3n) is 8.40. The van der Waals surface area contributed by atoms with E-state index in [4.69, 9.17) is 0 Å². The van der Waals surface area contributed by atoms with Crippen LogP contribution in [-0.2, 0) is 0 Å². The Labute approximate surface area is 256 Å². The molecule has 2 aromatic heterocycles. The maximum atomic E-state index is 15.0. The zero-order valence-electron chi connectivity index (χ0n) is 24.0. The third kappa shape index (κ3) is 4.38. The monoisotopic (exact) mass is 586 g/mol. The average Bonchev–Trinajstić information content (AvgIpc) is 3.09. The maximum absolute atomic E-state index is 15.0. The van der Waals surface area contributed by atoms with Crippen LogP contribution in [0.1, 0.15) is 0 Å². The van der Waals surface area contributed by atoms with Crippen molar-refractivity contribution < 1.29 is 0 Å². The second-order valence-electron chi connectivity index (χ2n) is 11.1. The summed E-state index contributed by atoms with van der Waals surface area (Å²) in [7, 11) is 0. The van der Waals surface area contributed by atoms with E-state index in [1.807, 2.05) is 103 Å². The van der Waals surface area contributed by atoms with E-state index in [0.717, 1.165) is 27.9 Å². The average molecular weight is 587 g/mol. The molecule has 0 bridgehead atoms. The van der Waals surface area contributed by atoms with Crippen LogP contribution in [0.5, 0.6) is 0 Å². The fourth-order valence-corrected chi connectivity index (χ4v) is 6.12. The molecule has 8 rings (SSSR count). The van der Waals surface area contributed by atoms with Crippen LogP contribution in [0.3, 0.4) is 0 Å². The summed E-state index contributed by atoms with van der Waals surface area (Å²) in [5.74, 6) is 0. The first-order valence-corrected chi connectivity index (χ1v) is 14.6. The molecule has 0 aliphatic carbocycles. The Morgan fingerprint density at radius 2 is 0.956 bits per heavy atom. The number of quaternary nitrogens is 1. The summed E-state index contributed by atoms with van der Waals surface area (Å²) in [5, 5.41) is 20.8. The van der Waals surface area contributed by atoms with Gasteiger partial charge in [0.15, 0.2) is 10.9 Å². The van der Waals surface area contributed by atoms with E-state index in [0.29, 0.717) is 44.1 Å². The minimum atomic E-state index is -0.857. The lowest BCUT2D eigenvalue weighted by Crippen LogP contribution is -2.31. The number of aromatic amines is 2. The molecule has 0 saturated carbocycles. The normalized spacial score (nSPS) is 12.9. The topological polar surface area (TPSA) is 101 Å². The van der Waals surface area contributed by atoms with Crippen LogP contribution in [0.4, 0.5) is 28.4 Å². The summed E-state index contributed by atoms with van der Waals surface area (Å²) in [4.78, 5) is 33.1. The highest BCUT2D eigenvalue weighted by molar-refractivity contribution is 5.95. The predicted octanol–water partition coefficient (Wildman–Crippen LogP) is 8.89. The number of hydrogen-bond acceptors (Lipinski definition) is 4. The van der Waals surface area contributed by atoms with Crippen LogP contribution in [0, 0.1) is 5.21 Å². The number of pyridine rings is 2. The van der Waals surface area contributed by atoms with E-state index < -0.39 is 4.65 Å². The molecule has 1 atom stereocenters. The fraction of sp³-hybridized carbons (Fsp3) is 0. The Morgan fingerprint density at radius 1 is 0.444 bits per heavy atom. The summed E-state index contributed by atoms with van der Waals surface area (Å²) in [6.45, 7) is 0. The predicted molar refractivity (Wildman–Crippen MR) is 185 cm³/mol. The number of hydrogen-bond donors (Lipinski definition) is 3. The molecule has 2 heterocycles. The van der Waals surface area contributed by atoms with E-state index in [1.54, 1.807) is 36.4 Å². The first-order chi connectivity index (χ1) is 22.0. The van der Waals surface area contributed by atoms with Crippen LogP contribution in [0.15, 0.2) is 149 Å². The molecule has 0 amide bonds. The van der Waals surface area contributed by atoms with E-state index in [-0.39, 0.29) is 10.9 Å². The smallest absolute Gasteiger partial charge is 0.197 e. The molecule has 45 heavy (non-hydrogen) atoms. The molecular formula is C38H26N4O3. The van der Waals surface area contributed by atoms with Crippen molar-refractivity contribution in [1.29, 1.82) is 0 Å². The van der Waals surface area contributed by atoms with Crippen molar-refractivity contribution in [2.24, 2.45) is 0 Å². The molecule has 8 aromatic rings. The highest BCUT2D eigenvalue weighted by atomic mass is 16.5. The largest absolute Gasteiger partial charge is 0.616 e. The Morgan fingerprint density at radius 3 is 1.67 bits per heavy atom. The van der Waals surface area contributed by atoms with Crippen LogP contribution >= 0.6 is 0 Å². The fourth-order valence-electron chi connectivity index (χ4n) is 6.12. The molecule has 0 aliphatic heterocycles. The van der Waals surface area contributed by atoms with Crippen LogP contribution in [-0.4, -0.2) is 9.97 Å². The van der Waals surface area contributed by atoms with E-state index in [9.17, 15) is 9.59 Å². The van der Waals surface area contributed by atoms with Gasteiger partial charge in [0, 0.05) is 85.9 Å². The van der Waals surface area contributed by atoms with Gasteiger partial charge in [-0.15, -0.1) is 0 Å². The van der Waals surface area contributed by atoms with Crippen molar-refractivity contribution in [1.82, 2.24) is 14.6 Å². The van der Waals surface area contributed by atoms with Gasteiger partial charge in [-0.25, -0.2) is 0 Å². The van der Waals surface area contributed by atoms with Gasteiger partial charge < -0.3 is 20.5 Å². The summed E-state index contributed by atoms with van der Waals surface area (Å²) in [6, 6.07) is 42.2. The van der Waals surface area contributed by atoms with Crippen molar-refractivity contribution in [2.75, 3.05) is 5.32 Å². The van der Waals surface area contributed by atoms with Gasteiger partial charge in [0.2, 0.25) is 0 Å². The molecular weight excluding hydrogens is 560 g/mol. The summed E-state index contributed by atoms with van der Waals surface area (Å²) < 4.78 is -0.857. The van der Waals surface area contributed by atoms with Gasteiger partial charge in [-0.05, 0) is 60.7 Å². The lowest BCUT2D eigenvalue weighted by atomic mass is 10.1. The Balaban J connectivity index is 1.19. The lowest BCUT2D eigenvalue weighted by Gasteiger charge is -2.41. The number of H-pyrrole nitrogens is 2. The Kier molecular flexibility index (Phi) is 6.09. The minimum Gasteiger partial charge on any atom is -0.616 e. The number of fused-ring (bicyclic) bond motifs is 4. The van der Waals surface area contributed by atoms with Gasteiger partial charge in [-0.1, -0.05) is 42.5 Å². The lowest BCUT2D eigenvalue weighted by molar-refractivity contribution is 0.694. The second kappa shape index (κ2) is 10.3. The number of anilines is 2. The molecule has 0 aliphatic rings.